The summed E-state index contributed by atoms with van der Waals surface area (Å²) in [5.74, 6) is 2.01. The average Bonchev–Trinajstić information content (AvgIpc) is 3.02. The lowest BCUT2D eigenvalue weighted by molar-refractivity contribution is -0.113. The Bertz CT molecular complexity index is 861. The summed E-state index contributed by atoms with van der Waals surface area (Å²) < 4.78 is 5.19. The molecule has 134 valence electrons. The molecule has 0 saturated carbocycles. The van der Waals surface area contributed by atoms with Gasteiger partial charge in [-0.1, -0.05) is 30.3 Å². The molecular weight excluding hydrogens is 364 g/mol. The van der Waals surface area contributed by atoms with Gasteiger partial charge in [0.1, 0.15) is 5.75 Å². The third-order valence-electron chi connectivity index (χ3n) is 3.75. The van der Waals surface area contributed by atoms with Crippen molar-refractivity contribution in [3.63, 3.8) is 0 Å². The van der Waals surface area contributed by atoms with Crippen LogP contribution in [0.2, 0.25) is 0 Å². The third kappa shape index (κ3) is 4.86. The van der Waals surface area contributed by atoms with Crippen LogP contribution in [0.1, 0.15) is 10.4 Å². The molecule has 0 unspecified atom stereocenters. The zero-order chi connectivity index (χ0) is 18.4. The van der Waals surface area contributed by atoms with Crippen LogP contribution in [-0.4, -0.2) is 23.8 Å². The van der Waals surface area contributed by atoms with E-state index in [1.165, 1.54) is 16.9 Å². The first-order valence-electron chi connectivity index (χ1n) is 8.19. The number of hydrogen-bond acceptors (Lipinski definition) is 5. The molecule has 0 fully saturated rings. The van der Waals surface area contributed by atoms with Gasteiger partial charge in [-0.2, -0.15) is 0 Å². The second kappa shape index (κ2) is 8.87. The average molecular weight is 385 g/mol. The summed E-state index contributed by atoms with van der Waals surface area (Å²) in [4.78, 5) is 17.8. The van der Waals surface area contributed by atoms with Gasteiger partial charge in [-0.05, 0) is 36.8 Å². The van der Waals surface area contributed by atoms with Crippen LogP contribution in [0.15, 0.2) is 54.6 Å². The van der Waals surface area contributed by atoms with Gasteiger partial charge >= 0.3 is 0 Å². The number of rotatable bonds is 7. The molecule has 1 N–H and O–H groups in total. The number of hydrogen-bond donors (Lipinski definition) is 1. The van der Waals surface area contributed by atoms with Crippen molar-refractivity contribution in [2.45, 2.75) is 12.7 Å². The van der Waals surface area contributed by atoms with E-state index < -0.39 is 0 Å². The fourth-order valence-corrected chi connectivity index (χ4v) is 4.10. The molecule has 0 aliphatic heterocycles. The highest BCUT2D eigenvalue weighted by molar-refractivity contribution is 7.99. The molecule has 0 radical (unpaired) electrons. The quantitative estimate of drug-likeness (QED) is 0.623. The Kier molecular flexibility index (Phi) is 6.30. The molecule has 4 nitrogen and oxygen atoms in total. The number of amides is 1. The number of aryl methyl sites for hydroxylation is 1. The Balaban J connectivity index is 1.57. The summed E-state index contributed by atoms with van der Waals surface area (Å²) in [5.41, 5.74) is 3.13. The van der Waals surface area contributed by atoms with Crippen LogP contribution >= 0.6 is 23.1 Å². The highest BCUT2D eigenvalue weighted by atomic mass is 32.2. The number of anilines is 1. The molecule has 1 heterocycles. The van der Waals surface area contributed by atoms with Gasteiger partial charge in [-0.3, -0.25) is 4.79 Å². The van der Waals surface area contributed by atoms with E-state index in [0.29, 0.717) is 10.9 Å². The lowest BCUT2D eigenvalue weighted by Gasteiger charge is -2.03. The van der Waals surface area contributed by atoms with Gasteiger partial charge in [0.25, 0.3) is 0 Å². The number of nitrogens with one attached hydrogen (secondary N) is 1. The molecule has 2 aromatic carbocycles. The minimum absolute atomic E-state index is 0.0269. The predicted molar refractivity (Wildman–Crippen MR) is 110 cm³/mol. The maximum absolute atomic E-state index is 12.2. The number of thioether (sulfide) groups is 1. The van der Waals surface area contributed by atoms with Gasteiger partial charge in [0.2, 0.25) is 5.91 Å². The van der Waals surface area contributed by atoms with E-state index >= 15 is 0 Å². The molecule has 0 spiro atoms. The van der Waals surface area contributed by atoms with E-state index in [2.05, 4.69) is 22.4 Å². The fourth-order valence-electron chi connectivity index (χ4n) is 2.46. The second-order valence-corrected chi connectivity index (χ2v) is 7.87. The topological polar surface area (TPSA) is 51.2 Å². The fraction of sp³-hybridized carbons (Fsp3) is 0.200. The highest BCUT2D eigenvalue weighted by Gasteiger charge is 2.12. The molecule has 0 aliphatic rings. The molecule has 0 atom stereocenters. The minimum atomic E-state index is -0.0269. The standard InChI is InChI=1S/C20H20N2O2S2/c1-14-19(16-8-10-17(24-2)11-9-16)22-20(26-14)21-18(23)13-25-12-15-6-4-3-5-7-15/h3-11H,12-13H2,1-2H3,(H,21,22,23). The summed E-state index contributed by atoms with van der Waals surface area (Å²) >= 11 is 3.09. The summed E-state index contributed by atoms with van der Waals surface area (Å²) in [5, 5.41) is 3.54. The largest absolute Gasteiger partial charge is 0.497 e. The number of aromatic nitrogens is 1. The van der Waals surface area contributed by atoms with Crippen LogP contribution in [0.3, 0.4) is 0 Å². The molecule has 0 aliphatic carbocycles. The van der Waals surface area contributed by atoms with Gasteiger partial charge in [-0.25, -0.2) is 4.98 Å². The number of benzene rings is 2. The Labute approximate surface area is 161 Å². The molecule has 26 heavy (non-hydrogen) atoms. The zero-order valence-electron chi connectivity index (χ0n) is 14.7. The van der Waals surface area contributed by atoms with Crippen molar-refractivity contribution in [3.8, 4) is 17.0 Å². The number of methoxy groups -OCH3 is 1. The Morgan fingerprint density at radius 3 is 2.58 bits per heavy atom. The number of nitrogens with zero attached hydrogens (tertiary/aromatic N) is 1. The molecule has 3 rings (SSSR count). The van der Waals surface area contributed by atoms with Crippen molar-refractivity contribution in [1.29, 1.82) is 0 Å². The van der Waals surface area contributed by atoms with E-state index in [-0.39, 0.29) is 5.91 Å². The maximum atomic E-state index is 12.2. The second-order valence-electron chi connectivity index (χ2n) is 5.68. The van der Waals surface area contributed by atoms with E-state index in [0.717, 1.165) is 27.6 Å². The molecule has 6 heteroatoms. The van der Waals surface area contributed by atoms with E-state index in [4.69, 9.17) is 4.74 Å². The van der Waals surface area contributed by atoms with Crippen LogP contribution < -0.4 is 10.1 Å². The first kappa shape index (κ1) is 18.5. The van der Waals surface area contributed by atoms with Crippen LogP contribution in [0.5, 0.6) is 5.75 Å². The molecular formula is C20H20N2O2S2. The van der Waals surface area contributed by atoms with Crippen molar-refractivity contribution in [2.75, 3.05) is 18.2 Å². The first-order chi connectivity index (χ1) is 12.7. The van der Waals surface area contributed by atoms with E-state index in [9.17, 15) is 4.79 Å². The number of ether oxygens (including phenoxy) is 1. The van der Waals surface area contributed by atoms with Crippen LogP contribution in [0.4, 0.5) is 5.13 Å². The summed E-state index contributed by atoms with van der Waals surface area (Å²) in [6.45, 7) is 2.01. The van der Waals surface area contributed by atoms with Crippen molar-refractivity contribution in [2.24, 2.45) is 0 Å². The van der Waals surface area contributed by atoms with Crippen LogP contribution in [0.25, 0.3) is 11.3 Å². The first-order valence-corrected chi connectivity index (χ1v) is 10.2. The van der Waals surface area contributed by atoms with Crippen LogP contribution in [0, 0.1) is 6.92 Å². The van der Waals surface area contributed by atoms with Crippen molar-refractivity contribution in [1.82, 2.24) is 4.98 Å². The highest BCUT2D eigenvalue weighted by Crippen LogP contribution is 2.31. The lowest BCUT2D eigenvalue weighted by Crippen LogP contribution is -2.13. The molecule has 0 bridgehead atoms. The van der Waals surface area contributed by atoms with Gasteiger partial charge in [0.05, 0.1) is 18.6 Å². The SMILES string of the molecule is COc1ccc(-c2nc(NC(=O)CSCc3ccccc3)sc2C)cc1. The molecule has 3 aromatic rings. The smallest absolute Gasteiger partial charge is 0.236 e. The molecule has 1 amide bonds. The van der Waals surface area contributed by atoms with Crippen molar-refractivity contribution < 1.29 is 9.53 Å². The normalized spacial score (nSPS) is 10.5. The summed E-state index contributed by atoms with van der Waals surface area (Å²) in [6.07, 6.45) is 0. The van der Waals surface area contributed by atoms with E-state index in [1.54, 1.807) is 18.9 Å². The third-order valence-corrected chi connectivity index (χ3v) is 5.64. The van der Waals surface area contributed by atoms with Crippen LogP contribution in [-0.2, 0) is 10.5 Å². The monoisotopic (exact) mass is 384 g/mol. The van der Waals surface area contributed by atoms with Crippen molar-refractivity contribution in [3.05, 3.63) is 65.0 Å². The lowest BCUT2D eigenvalue weighted by atomic mass is 10.1. The number of thiazole rings is 1. The Hall–Kier alpha value is -2.31. The van der Waals surface area contributed by atoms with Gasteiger partial charge in [-0.15, -0.1) is 23.1 Å². The number of carbonyl (C=O) groups is 1. The van der Waals surface area contributed by atoms with Gasteiger partial charge < -0.3 is 10.1 Å². The summed E-state index contributed by atoms with van der Waals surface area (Å²) in [7, 11) is 1.65. The zero-order valence-corrected chi connectivity index (χ0v) is 16.3. The predicted octanol–water partition coefficient (Wildman–Crippen LogP) is 5.00. The van der Waals surface area contributed by atoms with Gasteiger partial charge in [0, 0.05) is 16.2 Å². The summed E-state index contributed by atoms with van der Waals surface area (Å²) in [6, 6.07) is 17.9. The maximum Gasteiger partial charge on any atom is 0.236 e. The Morgan fingerprint density at radius 1 is 1.15 bits per heavy atom. The van der Waals surface area contributed by atoms with Gasteiger partial charge in [0.15, 0.2) is 5.13 Å². The minimum Gasteiger partial charge on any atom is -0.497 e. The Morgan fingerprint density at radius 2 is 1.88 bits per heavy atom. The number of carbonyl (C=O) groups excluding carboxylic acids is 1. The van der Waals surface area contributed by atoms with E-state index in [1.807, 2.05) is 49.4 Å². The molecule has 0 saturated heterocycles. The van der Waals surface area contributed by atoms with Crippen molar-refractivity contribution >= 4 is 34.1 Å². The molecule has 1 aromatic heterocycles.